The highest BCUT2D eigenvalue weighted by atomic mass is 79.9. The summed E-state index contributed by atoms with van der Waals surface area (Å²) in [5.41, 5.74) is 0.260. The van der Waals surface area contributed by atoms with Crippen molar-refractivity contribution in [3.8, 4) is 0 Å². The number of hydrogen-bond donors (Lipinski definition) is 1. The summed E-state index contributed by atoms with van der Waals surface area (Å²) in [6.07, 6.45) is 2.09. The quantitative estimate of drug-likeness (QED) is 0.813. The molecule has 0 spiro atoms. The van der Waals surface area contributed by atoms with Crippen molar-refractivity contribution in [3.63, 3.8) is 0 Å². The van der Waals surface area contributed by atoms with Crippen LogP contribution >= 0.6 is 15.9 Å². The molecule has 1 saturated heterocycles. The Morgan fingerprint density at radius 3 is 2.79 bits per heavy atom. The van der Waals surface area contributed by atoms with E-state index in [1.807, 2.05) is 0 Å². The van der Waals surface area contributed by atoms with Crippen LogP contribution < -0.4 is 5.32 Å². The van der Waals surface area contributed by atoms with Crippen LogP contribution in [0.15, 0.2) is 22.8 Å². The third kappa shape index (κ3) is 2.98. The van der Waals surface area contributed by atoms with Gasteiger partial charge in [-0.25, -0.2) is 4.98 Å². The molecule has 100 valence electrons. The van der Waals surface area contributed by atoms with E-state index in [-0.39, 0.29) is 23.9 Å². The predicted octanol–water partition coefficient (Wildman–Crippen LogP) is 0.721. The Bertz CT molecular complexity index is 530. The normalized spacial score (nSPS) is 18.9. The van der Waals surface area contributed by atoms with Crippen molar-refractivity contribution in [2.75, 3.05) is 7.05 Å². The van der Waals surface area contributed by atoms with E-state index >= 15 is 0 Å². The number of halogens is 1. The lowest BCUT2D eigenvalue weighted by molar-refractivity contribution is -0.136. The maximum absolute atomic E-state index is 12.2. The highest BCUT2D eigenvalue weighted by molar-refractivity contribution is 9.10. The fourth-order valence-corrected chi connectivity index (χ4v) is 2.11. The molecule has 1 N–H and O–H groups in total. The second kappa shape index (κ2) is 5.48. The van der Waals surface area contributed by atoms with Gasteiger partial charge in [0.05, 0.1) is 0 Å². The van der Waals surface area contributed by atoms with Crippen molar-refractivity contribution in [2.45, 2.75) is 18.9 Å². The minimum atomic E-state index is -0.629. The molecule has 0 aromatic carbocycles. The highest BCUT2D eigenvalue weighted by Gasteiger charge is 2.32. The maximum Gasteiger partial charge on any atom is 0.272 e. The molecule has 19 heavy (non-hydrogen) atoms. The zero-order valence-corrected chi connectivity index (χ0v) is 11.8. The SMILES string of the molecule is CN(C(=O)c1ccc(Br)cn1)C1CCC(=O)NC1=O. The summed E-state index contributed by atoms with van der Waals surface area (Å²) < 4.78 is 0.771. The molecular weight excluding hydrogens is 314 g/mol. The summed E-state index contributed by atoms with van der Waals surface area (Å²) in [6.45, 7) is 0. The van der Waals surface area contributed by atoms with Crippen LogP contribution in [-0.2, 0) is 9.59 Å². The average molecular weight is 326 g/mol. The van der Waals surface area contributed by atoms with Gasteiger partial charge < -0.3 is 4.90 Å². The lowest BCUT2D eigenvalue weighted by Crippen LogP contribution is -2.53. The Hall–Kier alpha value is -1.76. The summed E-state index contributed by atoms with van der Waals surface area (Å²) in [7, 11) is 1.53. The van der Waals surface area contributed by atoms with Crippen molar-refractivity contribution < 1.29 is 14.4 Å². The molecule has 3 amide bonds. The van der Waals surface area contributed by atoms with Gasteiger partial charge in [0.2, 0.25) is 11.8 Å². The van der Waals surface area contributed by atoms with Gasteiger partial charge in [-0.3, -0.25) is 19.7 Å². The Labute approximate surface area is 118 Å². The first kappa shape index (κ1) is 13.7. The first-order valence-corrected chi connectivity index (χ1v) is 6.51. The van der Waals surface area contributed by atoms with Gasteiger partial charge in [0.15, 0.2) is 0 Å². The largest absolute Gasteiger partial charge is 0.328 e. The zero-order chi connectivity index (χ0) is 14.0. The molecule has 1 aliphatic rings. The van der Waals surface area contributed by atoms with E-state index in [0.717, 1.165) is 4.47 Å². The Balaban J connectivity index is 2.13. The molecule has 7 heteroatoms. The molecule has 1 aromatic rings. The monoisotopic (exact) mass is 325 g/mol. The third-order valence-corrected chi connectivity index (χ3v) is 3.41. The molecule has 0 bridgehead atoms. The fourth-order valence-electron chi connectivity index (χ4n) is 1.88. The molecule has 6 nitrogen and oxygen atoms in total. The Morgan fingerprint density at radius 2 is 2.21 bits per heavy atom. The van der Waals surface area contributed by atoms with Crippen LogP contribution in [0.4, 0.5) is 0 Å². The van der Waals surface area contributed by atoms with Gasteiger partial charge in [-0.1, -0.05) is 0 Å². The molecular formula is C12H12BrN3O3. The molecule has 1 aromatic heterocycles. The number of aromatic nitrogens is 1. The van der Waals surface area contributed by atoms with Crippen molar-refractivity contribution in [2.24, 2.45) is 0 Å². The predicted molar refractivity (Wildman–Crippen MR) is 70.2 cm³/mol. The van der Waals surface area contributed by atoms with Gasteiger partial charge in [-0.15, -0.1) is 0 Å². The molecule has 0 saturated carbocycles. The molecule has 1 aliphatic heterocycles. The molecule has 2 heterocycles. The maximum atomic E-state index is 12.2. The number of rotatable bonds is 2. The van der Waals surface area contributed by atoms with E-state index in [0.29, 0.717) is 6.42 Å². The zero-order valence-electron chi connectivity index (χ0n) is 10.2. The molecule has 2 rings (SSSR count). The number of carbonyl (C=O) groups excluding carboxylic acids is 3. The van der Waals surface area contributed by atoms with Crippen molar-refractivity contribution in [1.82, 2.24) is 15.2 Å². The molecule has 0 radical (unpaired) electrons. The van der Waals surface area contributed by atoms with Gasteiger partial charge in [-0.2, -0.15) is 0 Å². The average Bonchev–Trinajstić information content (AvgIpc) is 2.38. The van der Waals surface area contributed by atoms with E-state index < -0.39 is 11.9 Å². The van der Waals surface area contributed by atoms with Crippen LogP contribution in [0.1, 0.15) is 23.3 Å². The van der Waals surface area contributed by atoms with Crippen LogP contribution in [0.3, 0.4) is 0 Å². The van der Waals surface area contributed by atoms with E-state index in [1.54, 1.807) is 12.1 Å². The highest BCUT2D eigenvalue weighted by Crippen LogP contribution is 2.14. The van der Waals surface area contributed by atoms with Crippen molar-refractivity contribution >= 4 is 33.7 Å². The number of likely N-dealkylation sites (N-methyl/N-ethyl adjacent to an activating group) is 1. The first-order chi connectivity index (χ1) is 8.99. The number of nitrogens with one attached hydrogen (secondary N) is 1. The van der Waals surface area contributed by atoms with Gasteiger partial charge in [-0.05, 0) is 34.5 Å². The number of hydrogen-bond acceptors (Lipinski definition) is 4. The third-order valence-electron chi connectivity index (χ3n) is 2.94. The number of pyridine rings is 1. The van der Waals surface area contributed by atoms with Gasteiger partial charge in [0.1, 0.15) is 11.7 Å². The number of nitrogens with zero attached hydrogens (tertiary/aromatic N) is 2. The van der Waals surface area contributed by atoms with Crippen LogP contribution in [-0.4, -0.2) is 40.7 Å². The second-order valence-electron chi connectivity index (χ2n) is 4.24. The van der Waals surface area contributed by atoms with Crippen molar-refractivity contribution in [1.29, 1.82) is 0 Å². The number of piperidine rings is 1. The van der Waals surface area contributed by atoms with Gasteiger partial charge in [0, 0.05) is 24.1 Å². The summed E-state index contributed by atoms with van der Waals surface area (Å²) in [4.78, 5) is 40.2. The van der Waals surface area contributed by atoms with E-state index in [2.05, 4.69) is 26.2 Å². The van der Waals surface area contributed by atoms with Gasteiger partial charge in [0.25, 0.3) is 5.91 Å². The summed E-state index contributed by atoms with van der Waals surface area (Å²) >= 11 is 3.24. The van der Waals surface area contributed by atoms with E-state index in [9.17, 15) is 14.4 Å². The van der Waals surface area contributed by atoms with E-state index in [4.69, 9.17) is 0 Å². The summed E-state index contributed by atoms with van der Waals surface area (Å²) in [5, 5.41) is 2.23. The Morgan fingerprint density at radius 1 is 1.47 bits per heavy atom. The minimum Gasteiger partial charge on any atom is -0.328 e. The smallest absolute Gasteiger partial charge is 0.272 e. The van der Waals surface area contributed by atoms with Crippen molar-refractivity contribution in [3.05, 3.63) is 28.5 Å². The topological polar surface area (TPSA) is 79.4 Å². The van der Waals surface area contributed by atoms with Crippen LogP contribution in [0.5, 0.6) is 0 Å². The Kier molecular flexibility index (Phi) is 3.94. The van der Waals surface area contributed by atoms with Crippen LogP contribution in [0.25, 0.3) is 0 Å². The van der Waals surface area contributed by atoms with Crippen LogP contribution in [0.2, 0.25) is 0 Å². The van der Waals surface area contributed by atoms with Crippen LogP contribution in [0, 0.1) is 0 Å². The minimum absolute atomic E-state index is 0.238. The van der Waals surface area contributed by atoms with E-state index in [1.165, 1.54) is 18.1 Å². The standard InChI is InChI=1S/C12H12BrN3O3/c1-16(9-4-5-10(17)15-11(9)18)12(19)8-3-2-7(13)6-14-8/h2-3,6,9H,4-5H2,1H3,(H,15,17,18). The number of amides is 3. The first-order valence-electron chi connectivity index (χ1n) is 5.71. The number of carbonyl (C=O) groups is 3. The summed E-state index contributed by atoms with van der Waals surface area (Å²) in [6, 6.07) is 2.66. The fraction of sp³-hybridized carbons (Fsp3) is 0.333. The lowest BCUT2D eigenvalue weighted by atomic mass is 10.0. The second-order valence-corrected chi connectivity index (χ2v) is 5.16. The molecule has 1 unspecified atom stereocenters. The summed E-state index contributed by atoms with van der Waals surface area (Å²) in [5.74, 6) is -1.09. The lowest BCUT2D eigenvalue weighted by Gasteiger charge is -2.29. The number of imide groups is 1. The molecule has 1 atom stereocenters. The molecule has 0 aliphatic carbocycles. The molecule has 1 fully saturated rings. The van der Waals surface area contributed by atoms with Gasteiger partial charge >= 0.3 is 0 Å².